The molecule has 0 unspecified atom stereocenters. The molecule has 0 spiro atoms. The van der Waals surface area contributed by atoms with Gasteiger partial charge in [0.25, 0.3) is 11.5 Å². The lowest BCUT2D eigenvalue weighted by molar-refractivity contribution is 0.0946. The minimum absolute atomic E-state index is 0.188. The molecule has 0 atom stereocenters. The average Bonchev–Trinajstić information content (AvgIpc) is 2.51. The minimum atomic E-state index is -0.435. The molecule has 0 bridgehead atoms. The van der Waals surface area contributed by atoms with Crippen molar-refractivity contribution in [3.63, 3.8) is 0 Å². The Balaban J connectivity index is 2.21. The lowest BCUT2D eigenvalue weighted by Crippen LogP contribution is -2.37. The Morgan fingerprint density at radius 3 is 2.78 bits per heavy atom. The number of halogens is 2. The van der Waals surface area contributed by atoms with E-state index in [0.29, 0.717) is 29.9 Å². The molecule has 1 aliphatic heterocycles. The molecular weight excluding hydrogens is 412 g/mol. The summed E-state index contributed by atoms with van der Waals surface area (Å²) < 4.78 is 16.2. The molecule has 1 aliphatic rings. The van der Waals surface area contributed by atoms with Crippen LogP contribution in [0.3, 0.4) is 0 Å². The third-order valence-electron chi connectivity index (χ3n) is 4.02. The van der Waals surface area contributed by atoms with Crippen molar-refractivity contribution in [1.29, 1.82) is 0 Å². The number of nitrogens with zero attached hydrogens (tertiary/aromatic N) is 1. The molecule has 1 amide bonds. The van der Waals surface area contributed by atoms with Crippen LogP contribution in [-0.4, -0.2) is 17.0 Å². The summed E-state index contributed by atoms with van der Waals surface area (Å²) in [5.74, 6) is -0.374. The highest BCUT2D eigenvalue weighted by atomic mass is 127. The summed E-state index contributed by atoms with van der Waals surface area (Å²) in [5.41, 5.74) is 1.74. The Hall–Kier alpha value is -1.90. The first-order chi connectivity index (χ1) is 10.9. The van der Waals surface area contributed by atoms with Crippen LogP contribution in [0.2, 0.25) is 0 Å². The highest BCUT2D eigenvalue weighted by Crippen LogP contribution is 2.28. The van der Waals surface area contributed by atoms with Gasteiger partial charge < -0.3 is 10.6 Å². The Morgan fingerprint density at radius 1 is 1.35 bits per heavy atom. The van der Waals surface area contributed by atoms with E-state index in [2.05, 4.69) is 10.6 Å². The van der Waals surface area contributed by atoms with Crippen LogP contribution in [0, 0.1) is 16.3 Å². The molecule has 1 aromatic carbocycles. The zero-order valence-electron chi connectivity index (χ0n) is 12.7. The van der Waals surface area contributed by atoms with Gasteiger partial charge in [-0.1, -0.05) is 0 Å². The molecular formula is C16H15FIN3O2. The number of pyridine rings is 1. The van der Waals surface area contributed by atoms with Gasteiger partial charge in [0.05, 0.1) is 11.3 Å². The van der Waals surface area contributed by atoms with Crippen molar-refractivity contribution >= 4 is 40.0 Å². The Bertz CT molecular complexity index is 877. The Labute approximate surface area is 146 Å². The predicted molar refractivity (Wildman–Crippen MR) is 94.9 cm³/mol. The largest absolute Gasteiger partial charge is 0.352 e. The van der Waals surface area contributed by atoms with Gasteiger partial charge in [-0.2, -0.15) is 0 Å². The highest BCUT2D eigenvalue weighted by Gasteiger charge is 2.26. The maximum Gasteiger partial charge on any atom is 0.255 e. The number of rotatable bonds is 2. The molecule has 0 radical (unpaired) electrons. The van der Waals surface area contributed by atoms with Crippen LogP contribution in [0.1, 0.15) is 21.5 Å². The average molecular weight is 427 g/mol. The molecule has 2 heterocycles. The highest BCUT2D eigenvalue weighted by molar-refractivity contribution is 14.1. The van der Waals surface area contributed by atoms with E-state index in [1.807, 2.05) is 22.6 Å². The van der Waals surface area contributed by atoms with Crippen molar-refractivity contribution in [2.45, 2.75) is 13.3 Å². The van der Waals surface area contributed by atoms with Crippen LogP contribution >= 0.6 is 22.6 Å². The monoisotopic (exact) mass is 427 g/mol. The SMILES string of the molecule is Cc1c2c(c(Nc3ccc(I)cc3F)n(C)c1=O)C(=O)NCC2. The first-order valence-electron chi connectivity index (χ1n) is 7.13. The summed E-state index contributed by atoms with van der Waals surface area (Å²) in [5, 5.41) is 5.69. The second kappa shape index (κ2) is 5.95. The van der Waals surface area contributed by atoms with E-state index < -0.39 is 5.82 Å². The second-order valence-corrected chi connectivity index (χ2v) is 6.69. The first-order valence-corrected chi connectivity index (χ1v) is 8.20. The maximum absolute atomic E-state index is 14.1. The molecule has 0 aliphatic carbocycles. The van der Waals surface area contributed by atoms with Gasteiger partial charge in [0.1, 0.15) is 11.6 Å². The number of anilines is 2. The lowest BCUT2D eigenvalue weighted by atomic mass is 9.96. The van der Waals surface area contributed by atoms with E-state index in [4.69, 9.17) is 0 Å². The van der Waals surface area contributed by atoms with Crippen LogP contribution in [-0.2, 0) is 13.5 Å². The van der Waals surface area contributed by atoms with Gasteiger partial charge in [0, 0.05) is 22.7 Å². The number of aromatic nitrogens is 1. The number of fused-ring (bicyclic) bond motifs is 1. The van der Waals surface area contributed by atoms with Crippen LogP contribution in [0.5, 0.6) is 0 Å². The van der Waals surface area contributed by atoms with E-state index in [1.165, 1.54) is 10.6 Å². The van der Waals surface area contributed by atoms with E-state index in [-0.39, 0.29) is 17.2 Å². The van der Waals surface area contributed by atoms with Crippen LogP contribution < -0.4 is 16.2 Å². The summed E-state index contributed by atoms with van der Waals surface area (Å²) in [6, 6.07) is 4.74. The maximum atomic E-state index is 14.1. The van der Waals surface area contributed by atoms with Crippen LogP contribution in [0.25, 0.3) is 0 Å². The number of amides is 1. The fraction of sp³-hybridized carbons (Fsp3) is 0.250. The van der Waals surface area contributed by atoms with E-state index in [1.54, 1.807) is 26.1 Å². The number of hydrogen-bond donors (Lipinski definition) is 2. The zero-order chi connectivity index (χ0) is 16.7. The number of carbonyl (C=O) groups excluding carboxylic acids is 1. The third kappa shape index (κ3) is 2.73. The smallest absolute Gasteiger partial charge is 0.255 e. The molecule has 0 saturated heterocycles. The zero-order valence-corrected chi connectivity index (χ0v) is 14.8. The van der Waals surface area contributed by atoms with Gasteiger partial charge in [-0.15, -0.1) is 0 Å². The van der Waals surface area contributed by atoms with Crippen molar-refractivity contribution in [2.24, 2.45) is 7.05 Å². The molecule has 1 aromatic heterocycles. The lowest BCUT2D eigenvalue weighted by Gasteiger charge is -2.24. The summed E-state index contributed by atoms with van der Waals surface area (Å²) in [4.78, 5) is 24.7. The second-order valence-electron chi connectivity index (χ2n) is 5.45. The van der Waals surface area contributed by atoms with Gasteiger partial charge in [-0.05, 0) is 59.7 Å². The quantitative estimate of drug-likeness (QED) is 0.725. The molecule has 7 heteroatoms. The molecule has 23 heavy (non-hydrogen) atoms. The van der Waals surface area contributed by atoms with Crippen LogP contribution in [0.15, 0.2) is 23.0 Å². The number of benzene rings is 1. The third-order valence-corrected chi connectivity index (χ3v) is 4.69. The molecule has 3 rings (SSSR count). The minimum Gasteiger partial charge on any atom is -0.352 e. The van der Waals surface area contributed by atoms with Gasteiger partial charge in [-0.3, -0.25) is 14.2 Å². The molecule has 2 N–H and O–H groups in total. The van der Waals surface area contributed by atoms with Crippen molar-refractivity contribution < 1.29 is 9.18 Å². The van der Waals surface area contributed by atoms with Crippen molar-refractivity contribution in [2.75, 3.05) is 11.9 Å². The van der Waals surface area contributed by atoms with Crippen molar-refractivity contribution in [1.82, 2.24) is 9.88 Å². The van der Waals surface area contributed by atoms with Gasteiger partial charge in [0.2, 0.25) is 0 Å². The molecule has 5 nitrogen and oxygen atoms in total. The number of carbonyl (C=O) groups is 1. The molecule has 2 aromatic rings. The summed E-state index contributed by atoms with van der Waals surface area (Å²) >= 11 is 2.02. The summed E-state index contributed by atoms with van der Waals surface area (Å²) in [7, 11) is 1.57. The van der Waals surface area contributed by atoms with E-state index in [9.17, 15) is 14.0 Å². The first kappa shape index (κ1) is 16.0. The fourth-order valence-electron chi connectivity index (χ4n) is 2.79. The molecule has 0 saturated carbocycles. The van der Waals surface area contributed by atoms with E-state index >= 15 is 0 Å². The van der Waals surface area contributed by atoms with Gasteiger partial charge in [-0.25, -0.2) is 4.39 Å². The van der Waals surface area contributed by atoms with Crippen molar-refractivity contribution in [3.05, 3.63) is 54.6 Å². The fourth-order valence-corrected chi connectivity index (χ4v) is 3.24. The Morgan fingerprint density at radius 2 is 2.09 bits per heavy atom. The van der Waals surface area contributed by atoms with Gasteiger partial charge >= 0.3 is 0 Å². The van der Waals surface area contributed by atoms with Crippen molar-refractivity contribution in [3.8, 4) is 0 Å². The summed E-state index contributed by atoms with van der Waals surface area (Å²) in [6.07, 6.45) is 0.590. The normalized spacial score (nSPS) is 13.5. The Kier molecular flexibility index (Phi) is 4.13. The standard InChI is InChI=1S/C16H15FIN3O2/c1-8-10-5-6-19-15(22)13(10)14(21(2)16(8)23)20-12-4-3-9(18)7-11(12)17/h3-4,7,20H,5-6H2,1-2H3,(H,19,22). The number of hydrogen-bond acceptors (Lipinski definition) is 3. The predicted octanol–water partition coefficient (Wildman–Crippen LogP) is 2.47. The molecule has 120 valence electrons. The number of nitrogens with one attached hydrogen (secondary N) is 2. The van der Waals surface area contributed by atoms with Crippen LogP contribution in [0.4, 0.5) is 15.9 Å². The van der Waals surface area contributed by atoms with E-state index in [0.717, 1.165) is 9.13 Å². The molecule has 0 fully saturated rings. The topological polar surface area (TPSA) is 63.1 Å². The van der Waals surface area contributed by atoms with Gasteiger partial charge in [0.15, 0.2) is 0 Å². The summed E-state index contributed by atoms with van der Waals surface area (Å²) in [6.45, 7) is 2.21.